The molecule has 1 N–H and O–H groups in total. The van der Waals surface area contributed by atoms with Crippen molar-refractivity contribution in [2.24, 2.45) is 4.99 Å². The zero-order valence-electron chi connectivity index (χ0n) is 15.3. The molecule has 1 heterocycles. The summed E-state index contributed by atoms with van der Waals surface area (Å²) < 4.78 is 5.28. The van der Waals surface area contributed by atoms with Crippen LogP contribution in [0.15, 0.2) is 29.3 Å². The first kappa shape index (κ1) is 21.0. The van der Waals surface area contributed by atoms with Crippen LogP contribution in [0.5, 0.6) is 5.75 Å². The molecule has 1 aromatic carbocycles. The monoisotopic (exact) mass is 446 g/mol. The Kier molecular flexibility index (Phi) is 9.43. The predicted octanol–water partition coefficient (Wildman–Crippen LogP) is 2.98. The minimum atomic E-state index is 0. The van der Waals surface area contributed by atoms with Gasteiger partial charge in [0.2, 0.25) is 0 Å². The molecule has 1 saturated heterocycles. The molecule has 0 radical (unpaired) electrons. The largest absolute Gasteiger partial charge is 0.497 e. The maximum absolute atomic E-state index is 5.28. The molecule has 1 aromatic rings. The van der Waals surface area contributed by atoms with Crippen LogP contribution in [-0.4, -0.2) is 63.1 Å². The van der Waals surface area contributed by atoms with Crippen LogP contribution in [0.2, 0.25) is 0 Å². The number of rotatable bonds is 6. The number of benzene rings is 1. The van der Waals surface area contributed by atoms with E-state index in [9.17, 15) is 0 Å². The number of hydrogen-bond acceptors (Lipinski definition) is 3. The average Bonchev–Trinajstić information content (AvgIpc) is 3.08. The lowest BCUT2D eigenvalue weighted by molar-refractivity contribution is 0.251. The third-order valence-electron chi connectivity index (χ3n) is 4.25. The predicted molar refractivity (Wildman–Crippen MR) is 112 cm³/mol. The van der Waals surface area contributed by atoms with Crippen LogP contribution >= 0.6 is 24.0 Å². The number of aliphatic imine (C=N–C) groups is 1. The summed E-state index contributed by atoms with van der Waals surface area (Å²) in [6.45, 7) is 6.07. The van der Waals surface area contributed by atoms with Crippen LogP contribution in [0, 0.1) is 0 Å². The van der Waals surface area contributed by atoms with Gasteiger partial charge in [0.1, 0.15) is 5.75 Å². The van der Waals surface area contributed by atoms with E-state index < -0.39 is 0 Å². The topological polar surface area (TPSA) is 40.1 Å². The highest BCUT2D eigenvalue weighted by Gasteiger charge is 2.23. The minimum absolute atomic E-state index is 0. The lowest BCUT2D eigenvalue weighted by Gasteiger charge is -2.27. The molecule has 0 bridgehead atoms. The highest BCUT2D eigenvalue weighted by Crippen LogP contribution is 2.27. The normalized spacial score (nSPS) is 16.4. The summed E-state index contributed by atoms with van der Waals surface area (Å²) in [6, 6.07) is 8.75. The minimum Gasteiger partial charge on any atom is -0.497 e. The van der Waals surface area contributed by atoms with Gasteiger partial charge in [-0.1, -0.05) is 12.1 Å². The summed E-state index contributed by atoms with van der Waals surface area (Å²) in [5, 5.41) is 3.34. The van der Waals surface area contributed by atoms with Crippen molar-refractivity contribution in [3.05, 3.63) is 29.8 Å². The molecule has 1 unspecified atom stereocenters. The number of likely N-dealkylation sites (tertiary alicyclic amines) is 1. The van der Waals surface area contributed by atoms with Crippen molar-refractivity contribution < 1.29 is 4.74 Å². The van der Waals surface area contributed by atoms with E-state index in [2.05, 4.69) is 29.3 Å². The van der Waals surface area contributed by atoms with Crippen molar-refractivity contribution in [1.29, 1.82) is 0 Å². The molecule has 0 saturated carbocycles. The number of halogens is 1. The number of ether oxygens (including phenoxy) is 1. The van der Waals surface area contributed by atoms with Crippen molar-refractivity contribution in [3.8, 4) is 5.75 Å². The summed E-state index contributed by atoms with van der Waals surface area (Å²) in [6.07, 6.45) is 2.56. The Balaban J connectivity index is 0.00000288. The lowest BCUT2D eigenvalue weighted by Crippen LogP contribution is -2.37. The van der Waals surface area contributed by atoms with E-state index in [0.29, 0.717) is 6.04 Å². The molecule has 1 atom stereocenters. The van der Waals surface area contributed by atoms with Crippen LogP contribution in [0.3, 0.4) is 0 Å². The van der Waals surface area contributed by atoms with E-state index in [-0.39, 0.29) is 24.0 Å². The van der Waals surface area contributed by atoms with Gasteiger partial charge in [-0.3, -0.25) is 9.89 Å². The maximum Gasteiger partial charge on any atom is 0.193 e. The number of nitrogens with one attached hydrogen (secondary N) is 1. The Morgan fingerprint density at radius 2 is 1.88 bits per heavy atom. The third kappa shape index (κ3) is 5.81. The summed E-state index contributed by atoms with van der Waals surface area (Å²) in [5.41, 5.74) is 1.31. The Hall–Kier alpha value is -1.02. The Morgan fingerprint density at radius 3 is 2.38 bits per heavy atom. The van der Waals surface area contributed by atoms with E-state index in [0.717, 1.165) is 37.9 Å². The third-order valence-corrected chi connectivity index (χ3v) is 4.25. The Morgan fingerprint density at radius 1 is 1.25 bits per heavy atom. The lowest BCUT2D eigenvalue weighted by atomic mass is 10.1. The first-order valence-electron chi connectivity index (χ1n) is 8.49. The van der Waals surface area contributed by atoms with Gasteiger partial charge in [0, 0.05) is 20.6 Å². The van der Waals surface area contributed by atoms with Crippen LogP contribution < -0.4 is 10.1 Å². The molecule has 0 spiro atoms. The van der Waals surface area contributed by atoms with Crippen molar-refractivity contribution in [2.75, 3.05) is 47.4 Å². The number of hydrogen-bond donors (Lipinski definition) is 1. The SMILES string of the molecule is CCNC(=NCC(c1ccc(OC)cc1)N1CCCC1)N(C)C.I. The van der Waals surface area contributed by atoms with E-state index in [1.54, 1.807) is 7.11 Å². The summed E-state index contributed by atoms with van der Waals surface area (Å²) in [4.78, 5) is 9.42. The van der Waals surface area contributed by atoms with Crippen LogP contribution in [0.4, 0.5) is 0 Å². The van der Waals surface area contributed by atoms with Gasteiger partial charge in [-0.2, -0.15) is 0 Å². The highest BCUT2D eigenvalue weighted by atomic mass is 127. The number of guanidine groups is 1. The molecule has 0 aromatic heterocycles. The molecule has 136 valence electrons. The van der Waals surface area contributed by atoms with Gasteiger partial charge in [0.25, 0.3) is 0 Å². The number of methoxy groups -OCH3 is 1. The van der Waals surface area contributed by atoms with Gasteiger partial charge < -0.3 is 15.0 Å². The summed E-state index contributed by atoms with van der Waals surface area (Å²) in [5.74, 6) is 1.85. The van der Waals surface area contributed by atoms with E-state index in [1.165, 1.54) is 18.4 Å². The molecule has 1 aliphatic rings. The summed E-state index contributed by atoms with van der Waals surface area (Å²) >= 11 is 0. The molecule has 2 rings (SSSR count). The second-order valence-electron chi connectivity index (χ2n) is 6.12. The maximum atomic E-state index is 5.28. The molecule has 24 heavy (non-hydrogen) atoms. The number of nitrogens with zero attached hydrogens (tertiary/aromatic N) is 3. The molecule has 0 aliphatic carbocycles. The van der Waals surface area contributed by atoms with Crippen molar-refractivity contribution in [2.45, 2.75) is 25.8 Å². The quantitative estimate of drug-likeness (QED) is 0.415. The fourth-order valence-electron chi connectivity index (χ4n) is 3.00. The van der Waals surface area contributed by atoms with E-state index >= 15 is 0 Å². The fraction of sp³-hybridized carbons (Fsp3) is 0.611. The van der Waals surface area contributed by atoms with Crippen LogP contribution in [-0.2, 0) is 0 Å². The van der Waals surface area contributed by atoms with Gasteiger partial charge in [0.15, 0.2) is 5.96 Å². The Bertz CT molecular complexity index is 498. The molecule has 1 aliphatic heterocycles. The standard InChI is InChI=1S/C18H30N4O.HI/c1-5-19-18(21(2)3)20-14-17(22-12-6-7-13-22)15-8-10-16(23-4)11-9-15;/h8-11,17H,5-7,12-14H2,1-4H3,(H,19,20);1H. The van der Waals surface area contributed by atoms with Gasteiger partial charge in [-0.15, -0.1) is 24.0 Å². The molecular weight excluding hydrogens is 415 g/mol. The van der Waals surface area contributed by atoms with Crippen LogP contribution in [0.25, 0.3) is 0 Å². The first-order valence-corrected chi connectivity index (χ1v) is 8.49. The summed E-state index contributed by atoms with van der Waals surface area (Å²) in [7, 11) is 5.76. The van der Waals surface area contributed by atoms with Gasteiger partial charge >= 0.3 is 0 Å². The smallest absolute Gasteiger partial charge is 0.193 e. The fourth-order valence-corrected chi connectivity index (χ4v) is 3.00. The molecule has 6 heteroatoms. The van der Waals surface area contributed by atoms with E-state index in [1.807, 2.05) is 31.1 Å². The zero-order chi connectivity index (χ0) is 16.7. The highest BCUT2D eigenvalue weighted by molar-refractivity contribution is 14.0. The van der Waals surface area contributed by atoms with Crippen molar-refractivity contribution in [3.63, 3.8) is 0 Å². The van der Waals surface area contributed by atoms with E-state index in [4.69, 9.17) is 9.73 Å². The van der Waals surface area contributed by atoms with Crippen molar-refractivity contribution >= 4 is 29.9 Å². The van der Waals surface area contributed by atoms with Crippen molar-refractivity contribution in [1.82, 2.24) is 15.1 Å². The van der Waals surface area contributed by atoms with Gasteiger partial charge in [-0.25, -0.2) is 0 Å². The zero-order valence-corrected chi connectivity index (χ0v) is 17.6. The second-order valence-corrected chi connectivity index (χ2v) is 6.12. The first-order chi connectivity index (χ1) is 11.2. The van der Waals surface area contributed by atoms with Gasteiger partial charge in [0.05, 0.1) is 19.7 Å². The second kappa shape index (κ2) is 10.8. The van der Waals surface area contributed by atoms with Gasteiger partial charge in [-0.05, 0) is 50.6 Å². The molecular formula is C18H31IN4O. The molecule has 1 fully saturated rings. The molecule has 5 nitrogen and oxygen atoms in total. The average molecular weight is 446 g/mol. The Labute approximate surface area is 163 Å². The molecule has 0 amide bonds. The van der Waals surface area contributed by atoms with Crippen LogP contribution in [0.1, 0.15) is 31.4 Å².